The maximum atomic E-state index is 13.2. The summed E-state index contributed by atoms with van der Waals surface area (Å²) < 4.78 is 20.0. The van der Waals surface area contributed by atoms with E-state index < -0.39 is 18.1 Å². The Hall–Kier alpha value is -2.90. The zero-order valence-corrected chi connectivity index (χ0v) is 12.7. The van der Waals surface area contributed by atoms with Crippen molar-refractivity contribution in [3.8, 4) is 5.75 Å². The minimum atomic E-state index is -1.10. The average molecular weight is 333 g/mol. The molecule has 1 aliphatic heterocycles. The largest absolute Gasteiger partial charge is 0.488 e. The van der Waals surface area contributed by atoms with Gasteiger partial charge in [-0.1, -0.05) is 0 Å². The summed E-state index contributed by atoms with van der Waals surface area (Å²) >= 11 is 0. The van der Waals surface area contributed by atoms with Crippen LogP contribution in [0.1, 0.15) is 12.0 Å². The molecule has 0 amide bonds. The molecule has 1 unspecified atom stereocenters. The third-order valence-corrected chi connectivity index (χ3v) is 3.77. The number of carbonyl (C=O) groups is 1. The summed E-state index contributed by atoms with van der Waals surface area (Å²) in [4.78, 5) is 26.8. The zero-order chi connectivity index (χ0) is 17.1. The first-order chi connectivity index (χ1) is 11.5. The molecule has 2 N–H and O–H groups in total. The molecule has 1 aliphatic rings. The van der Waals surface area contributed by atoms with E-state index >= 15 is 0 Å². The van der Waals surface area contributed by atoms with Crippen molar-refractivity contribution in [2.24, 2.45) is 0 Å². The lowest BCUT2D eigenvalue weighted by molar-refractivity contribution is -0.137. The number of nitrogens with one attached hydrogen (secondary N) is 1. The summed E-state index contributed by atoms with van der Waals surface area (Å²) in [5, 5.41) is 11.7. The first kappa shape index (κ1) is 16.0. The normalized spacial score (nSPS) is 16.1. The van der Waals surface area contributed by atoms with Crippen LogP contribution in [0.4, 0.5) is 10.2 Å². The van der Waals surface area contributed by atoms with Crippen LogP contribution in [-0.4, -0.2) is 33.3 Å². The highest BCUT2D eigenvalue weighted by atomic mass is 19.1. The molecule has 2 aromatic rings. The number of carboxylic acid groups (broad SMARTS) is 1. The number of ether oxygens (including phenoxy) is 1. The van der Waals surface area contributed by atoms with Gasteiger partial charge in [-0.15, -0.1) is 0 Å². The van der Waals surface area contributed by atoms with E-state index in [9.17, 15) is 14.0 Å². The van der Waals surface area contributed by atoms with Crippen LogP contribution in [0.5, 0.6) is 5.75 Å². The van der Waals surface area contributed by atoms with Gasteiger partial charge in [-0.3, -0.25) is 14.2 Å². The smallest absolute Gasteiger partial charge is 0.323 e. The first-order valence-electron chi connectivity index (χ1n) is 7.49. The Labute approximate surface area is 136 Å². The molecule has 126 valence electrons. The number of carboxylic acids is 1. The van der Waals surface area contributed by atoms with Gasteiger partial charge in [0.1, 0.15) is 24.2 Å². The summed E-state index contributed by atoms with van der Waals surface area (Å²) in [5.41, 5.74) is 0.325. The molecule has 7 nitrogen and oxygen atoms in total. The van der Waals surface area contributed by atoms with Crippen molar-refractivity contribution in [3.05, 3.63) is 52.3 Å². The first-order valence-corrected chi connectivity index (χ1v) is 7.49. The van der Waals surface area contributed by atoms with E-state index in [4.69, 9.17) is 9.84 Å². The molecule has 24 heavy (non-hydrogen) atoms. The SMILES string of the molecule is O=C(O)Cn1ccnc(NCC2CCc3cc(F)ccc3O2)c1=O. The van der Waals surface area contributed by atoms with E-state index in [0.29, 0.717) is 25.1 Å². The predicted octanol–water partition coefficient (Wildman–Crippen LogP) is 1.27. The minimum Gasteiger partial charge on any atom is -0.488 e. The number of aryl methyl sites for hydroxylation is 1. The maximum Gasteiger partial charge on any atom is 0.323 e. The summed E-state index contributed by atoms with van der Waals surface area (Å²) in [7, 11) is 0. The third kappa shape index (κ3) is 3.53. The van der Waals surface area contributed by atoms with Crippen molar-refractivity contribution < 1.29 is 19.0 Å². The number of fused-ring (bicyclic) bond motifs is 1. The van der Waals surface area contributed by atoms with E-state index in [0.717, 1.165) is 10.1 Å². The lowest BCUT2D eigenvalue weighted by Gasteiger charge is -2.26. The van der Waals surface area contributed by atoms with Crippen LogP contribution in [0, 0.1) is 5.82 Å². The Morgan fingerprint density at radius 1 is 1.50 bits per heavy atom. The molecule has 2 heterocycles. The molecule has 0 fully saturated rings. The fraction of sp³-hybridized carbons (Fsp3) is 0.312. The number of anilines is 1. The van der Waals surface area contributed by atoms with Crippen LogP contribution >= 0.6 is 0 Å². The number of hydrogen-bond donors (Lipinski definition) is 2. The number of nitrogens with zero attached hydrogens (tertiary/aromatic N) is 2. The van der Waals surface area contributed by atoms with Gasteiger partial charge in [0.05, 0.1) is 6.54 Å². The Kier molecular flexibility index (Phi) is 4.45. The molecular formula is C16H16FN3O4. The van der Waals surface area contributed by atoms with Crippen LogP contribution in [-0.2, 0) is 17.8 Å². The summed E-state index contributed by atoms with van der Waals surface area (Å²) in [6.45, 7) is -0.0783. The fourth-order valence-corrected chi connectivity index (χ4v) is 2.61. The fourth-order valence-electron chi connectivity index (χ4n) is 2.61. The van der Waals surface area contributed by atoms with Gasteiger partial charge in [-0.2, -0.15) is 0 Å². The highest BCUT2D eigenvalue weighted by Crippen LogP contribution is 2.28. The summed E-state index contributed by atoms with van der Waals surface area (Å²) in [5.74, 6) is -0.680. The van der Waals surface area contributed by atoms with E-state index in [1.54, 1.807) is 6.07 Å². The van der Waals surface area contributed by atoms with Gasteiger partial charge >= 0.3 is 5.97 Å². The third-order valence-electron chi connectivity index (χ3n) is 3.77. The maximum absolute atomic E-state index is 13.2. The highest BCUT2D eigenvalue weighted by molar-refractivity contribution is 5.66. The second-order valence-electron chi connectivity index (χ2n) is 5.51. The number of rotatable bonds is 5. The minimum absolute atomic E-state index is 0.0762. The van der Waals surface area contributed by atoms with Gasteiger partial charge in [0.25, 0.3) is 5.56 Å². The topological polar surface area (TPSA) is 93.4 Å². The molecule has 8 heteroatoms. The molecule has 0 spiro atoms. The molecule has 3 rings (SSSR count). The molecule has 0 aliphatic carbocycles. The van der Waals surface area contributed by atoms with Crippen LogP contribution < -0.4 is 15.6 Å². The molecule has 1 aromatic heterocycles. The van der Waals surface area contributed by atoms with E-state index in [-0.39, 0.29) is 17.7 Å². The highest BCUT2D eigenvalue weighted by Gasteiger charge is 2.20. The monoisotopic (exact) mass is 333 g/mol. The van der Waals surface area contributed by atoms with Gasteiger partial charge in [-0.05, 0) is 36.6 Å². The lowest BCUT2D eigenvalue weighted by Crippen LogP contribution is -2.33. The number of aromatic nitrogens is 2. The molecule has 0 radical (unpaired) electrons. The number of halogens is 1. The zero-order valence-electron chi connectivity index (χ0n) is 12.7. The molecule has 0 saturated heterocycles. The van der Waals surface area contributed by atoms with Crippen molar-refractivity contribution in [2.75, 3.05) is 11.9 Å². The van der Waals surface area contributed by atoms with Crippen molar-refractivity contribution in [3.63, 3.8) is 0 Å². The van der Waals surface area contributed by atoms with Gasteiger partial charge in [-0.25, -0.2) is 9.37 Å². The van der Waals surface area contributed by atoms with Gasteiger partial charge < -0.3 is 15.2 Å². The van der Waals surface area contributed by atoms with Gasteiger partial charge in [0.2, 0.25) is 0 Å². The quantitative estimate of drug-likeness (QED) is 0.856. The number of benzene rings is 1. The number of hydrogen-bond acceptors (Lipinski definition) is 5. The Morgan fingerprint density at radius 3 is 3.12 bits per heavy atom. The summed E-state index contributed by atoms with van der Waals surface area (Å²) in [6.07, 6.45) is 3.87. The molecule has 1 atom stereocenters. The predicted molar refractivity (Wildman–Crippen MR) is 83.8 cm³/mol. The van der Waals surface area contributed by atoms with E-state index in [1.807, 2.05) is 0 Å². The summed E-state index contributed by atoms with van der Waals surface area (Å²) in [6, 6.07) is 4.40. The van der Waals surface area contributed by atoms with Crippen LogP contribution in [0.2, 0.25) is 0 Å². The van der Waals surface area contributed by atoms with E-state index in [1.165, 1.54) is 24.5 Å². The van der Waals surface area contributed by atoms with Crippen LogP contribution in [0.25, 0.3) is 0 Å². The molecule has 0 saturated carbocycles. The van der Waals surface area contributed by atoms with E-state index in [2.05, 4.69) is 10.3 Å². The van der Waals surface area contributed by atoms with Crippen LogP contribution in [0.15, 0.2) is 35.4 Å². The Morgan fingerprint density at radius 2 is 2.33 bits per heavy atom. The van der Waals surface area contributed by atoms with Gasteiger partial charge in [0, 0.05) is 12.4 Å². The van der Waals surface area contributed by atoms with Gasteiger partial charge in [0.15, 0.2) is 5.82 Å². The Bertz CT molecular complexity index is 821. The number of aliphatic carboxylic acids is 1. The molecular weight excluding hydrogens is 317 g/mol. The molecule has 0 bridgehead atoms. The lowest BCUT2D eigenvalue weighted by atomic mass is 10.0. The van der Waals surface area contributed by atoms with Crippen LogP contribution in [0.3, 0.4) is 0 Å². The second kappa shape index (κ2) is 6.69. The van der Waals surface area contributed by atoms with Crippen molar-refractivity contribution in [1.82, 2.24) is 9.55 Å². The molecule has 1 aromatic carbocycles. The van der Waals surface area contributed by atoms with Crippen molar-refractivity contribution >= 4 is 11.8 Å². The van der Waals surface area contributed by atoms with Crippen molar-refractivity contribution in [2.45, 2.75) is 25.5 Å². The Balaban J connectivity index is 1.66. The average Bonchev–Trinajstić information content (AvgIpc) is 2.55. The standard InChI is InChI=1S/C16H16FN3O4/c17-11-2-4-13-10(7-11)1-3-12(24-13)8-19-15-16(23)20(6-5-18-15)9-14(21)22/h2,4-7,12H,1,3,8-9H2,(H,18,19)(H,21,22). The van der Waals surface area contributed by atoms with Crippen molar-refractivity contribution in [1.29, 1.82) is 0 Å². The second-order valence-corrected chi connectivity index (χ2v) is 5.51.